The number of aryl methyl sites for hydroxylation is 3. The Morgan fingerprint density at radius 3 is 2.47 bits per heavy atom. The molecule has 0 aliphatic carbocycles. The van der Waals surface area contributed by atoms with Crippen molar-refractivity contribution in [1.29, 1.82) is 5.41 Å². The Balaban J connectivity index is 2.42. The van der Waals surface area contributed by atoms with Gasteiger partial charge in [0.15, 0.2) is 0 Å². The Kier molecular flexibility index (Phi) is 3.90. The van der Waals surface area contributed by atoms with Crippen LogP contribution in [0.2, 0.25) is 0 Å². The average Bonchev–Trinajstić information content (AvgIpc) is 2.26. The van der Waals surface area contributed by atoms with E-state index in [-0.39, 0.29) is 5.84 Å². The van der Waals surface area contributed by atoms with Gasteiger partial charge in [-0.25, -0.2) is 4.98 Å². The van der Waals surface area contributed by atoms with Gasteiger partial charge in [-0.1, -0.05) is 17.8 Å². The predicted molar refractivity (Wildman–Crippen MR) is 80.0 cm³/mol. The van der Waals surface area contributed by atoms with Gasteiger partial charge in [-0.2, -0.15) is 0 Å². The number of hydrogen-bond donors (Lipinski definition) is 2. The van der Waals surface area contributed by atoms with E-state index in [0.29, 0.717) is 0 Å². The zero-order valence-electron chi connectivity index (χ0n) is 11.3. The van der Waals surface area contributed by atoms with Crippen molar-refractivity contribution in [2.75, 3.05) is 0 Å². The SMILES string of the molecule is Cc1cc(C)nc(Sc2cc(C)ccc2C(=N)N)c1. The van der Waals surface area contributed by atoms with Crippen LogP contribution in [0.1, 0.15) is 22.4 Å². The van der Waals surface area contributed by atoms with Gasteiger partial charge in [0.1, 0.15) is 10.9 Å². The monoisotopic (exact) mass is 271 g/mol. The molecule has 2 rings (SSSR count). The Bertz CT molecular complexity index is 615. The van der Waals surface area contributed by atoms with Crippen molar-refractivity contribution in [2.45, 2.75) is 30.7 Å². The normalized spacial score (nSPS) is 10.5. The van der Waals surface area contributed by atoms with E-state index in [2.05, 4.69) is 11.9 Å². The Hall–Kier alpha value is -1.81. The first-order chi connectivity index (χ1) is 8.95. The van der Waals surface area contributed by atoms with Gasteiger partial charge in [0, 0.05) is 16.2 Å². The van der Waals surface area contributed by atoms with Crippen molar-refractivity contribution in [1.82, 2.24) is 4.98 Å². The lowest BCUT2D eigenvalue weighted by molar-refractivity contribution is 1.05. The van der Waals surface area contributed by atoms with Crippen LogP contribution in [0, 0.1) is 26.2 Å². The number of nitrogens with one attached hydrogen (secondary N) is 1. The second kappa shape index (κ2) is 5.45. The molecule has 1 aromatic carbocycles. The Morgan fingerprint density at radius 1 is 1.11 bits per heavy atom. The van der Waals surface area contributed by atoms with Gasteiger partial charge < -0.3 is 5.73 Å². The highest BCUT2D eigenvalue weighted by atomic mass is 32.2. The standard InChI is InChI=1S/C15H17N3S/c1-9-4-5-12(15(16)17)13(7-9)19-14-8-10(2)6-11(3)18-14/h4-8H,1-3H3,(H3,16,17). The van der Waals surface area contributed by atoms with Gasteiger partial charge in [-0.3, -0.25) is 5.41 Å². The second-order valence-electron chi connectivity index (χ2n) is 4.64. The van der Waals surface area contributed by atoms with E-state index in [1.54, 1.807) is 11.8 Å². The van der Waals surface area contributed by atoms with Crippen molar-refractivity contribution in [2.24, 2.45) is 5.73 Å². The molecule has 0 saturated heterocycles. The summed E-state index contributed by atoms with van der Waals surface area (Å²) in [5.41, 5.74) is 9.72. The molecule has 0 fully saturated rings. The fourth-order valence-corrected chi connectivity index (χ4v) is 3.10. The minimum atomic E-state index is 0.0897. The molecule has 0 atom stereocenters. The molecular weight excluding hydrogens is 254 g/mol. The van der Waals surface area contributed by atoms with Crippen molar-refractivity contribution in [3.8, 4) is 0 Å². The third-order valence-corrected chi connectivity index (χ3v) is 3.69. The molecule has 2 aromatic rings. The quantitative estimate of drug-likeness (QED) is 0.664. The van der Waals surface area contributed by atoms with Crippen LogP contribution >= 0.6 is 11.8 Å². The van der Waals surface area contributed by atoms with Crippen molar-refractivity contribution >= 4 is 17.6 Å². The molecule has 19 heavy (non-hydrogen) atoms. The first-order valence-electron chi connectivity index (χ1n) is 6.04. The number of rotatable bonds is 3. The highest BCUT2D eigenvalue weighted by molar-refractivity contribution is 7.99. The predicted octanol–water partition coefficient (Wildman–Crippen LogP) is 3.44. The van der Waals surface area contributed by atoms with E-state index in [1.165, 1.54) is 5.56 Å². The minimum absolute atomic E-state index is 0.0897. The summed E-state index contributed by atoms with van der Waals surface area (Å²) in [7, 11) is 0. The highest BCUT2D eigenvalue weighted by Gasteiger charge is 2.09. The number of nitrogen functional groups attached to an aromatic ring is 1. The van der Waals surface area contributed by atoms with Crippen LogP contribution in [0.5, 0.6) is 0 Å². The maximum absolute atomic E-state index is 7.64. The minimum Gasteiger partial charge on any atom is -0.384 e. The molecule has 1 heterocycles. The van der Waals surface area contributed by atoms with E-state index in [9.17, 15) is 0 Å². The summed E-state index contributed by atoms with van der Waals surface area (Å²) >= 11 is 1.55. The van der Waals surface area contributed by atoms with Crippen LogP contribution < -0.4 is 5.73 Å². The number of aromatic nitrogens is 1. The number of hydrogen-bond acceptors (Lipinski definition) is 3. The summed E-state index contributed by atoms with van der Waals surface area (Å²) in [5.74, 6) is 0.0897. The molecule has 3 nitrogen and oxygen atoms in total. The van der Waals surface area contributed by atoms with Crippen LogP contribution in [-0.4, -0.2) is 10.8 Å². The molecule has 0 aliphatic heterocycles. The molecule has 0 spiro atoms. The number of nitrogens with zero attached hydrogens (tertiary/aromatic N) is 1. The number of nitrogens with two attached hydrogens (primary N) is 1. The van der Waals surface area contributed by atoms with Gasteiger partial charge >= 0.3 is 0 Å². The zero-order chi connectivity index (χ0) is 14.0. The fourth-order valence-electron chi connectivity index (χ4n) is 1.91. The molecule has 98 valence electrons. The molecule has 0 amide bonds. The molecule has 0 unspecified atom stereocenters. The number of pyridine rings is 1. The van der Waals surface area contributed by atoms with E-state index in [1.807, 2.05) is 44.2 Å². The van der Waals surface area contributed by atoms with Crippen LogP contribution in [0.4, 0.5) is 0 Å². The Labute approximate surface area is 117 Å². The summed E-state index contributed by atoms with van der Waals surface area (Å²) < 4.78 is 0. The van der Waals surface area contributed by atoms with E-state index in [0.717, 1.165) is 26.7 Å². The molecule has 0 saturated carbocycles. The van der Waals surface area contributed by atoms with Gasteiger partial charge in [0.2, 0.25) is 0 Å². The largest absolute Gasteiger partial charge is 0.384 e. The van der Waals surface area contributed by atoms with Gasteiger partial charge in [0.05, 0.1) is 0 Å². The molecular formula is C15H17N3S. The third-order valence-electron chi connectivity index (χ3n) is 2.72. The zero-order valence-corrected chi connectivity index (χ0v) is 12.1. The highest BCUT2D eigenvalue weighted by Crippen LogP contribution is 2.30. The van der Waals surface area contributed by atoms with Gasteiger partial charge in [-0.05, 0) is 56.2 Å². The van der Waals surface area contributed by atoms with E-state index in [4.69, 9.17) is 11.1 Å². The fraction of sp³-hybridized carbons (Fsp3) is 0.200. The van der Waals surface area contributed by atoms with E-state index >= 15 is 0 Å². The first kappa shape index (κ1) is 13.6. The molecule has 0 bridgehead atoms. The van der Waals surface area contributed by atoms with Crippen LogP contribution in [-0.2, 0) is 0 Å². The number of benzene rings is 1. The molecule has 4 heteroatoms. The topological polar surface area (TPSA) is 62.8 Å². The second-order valence-corrected chi connectivity index (χ2v) is 5.70. The molecule has 0 radical (unpaired) electrons. The van der Waals surface area contributed by atoms with Crippen LogP contribution in [0.25, 0.3) is 0 Å². The van der Waals surface area contributed by atoms with Crippen molar-refractivity contribution in [3.63, 3.8) is 0 Å². The molecule has 0 aliphatic rings. The summed E-state index contributed by atoms with van der Waals surface area (Å²) in [6, 6.07) is 10.00. The lowest BCUT2D eigenvalue weighted by Crippen LogP contribution is -2.12. The van der Waals surface area contributed by atoms with Crippen molar-refractivity contribution < 1.29 is 0 Å². The summed E-state index contributed by atoms with van der Waals surface area (Å²) in [6.45, 7) is 6.07. The summed E-state index contributed by atoms with van der Waals surface area (Å²) in [4.78, 5) is 5.49. The maximum atomic E-state index is 7.64. The summed E-state index contributed by atoms with van der Waals surface area (Å²) in [5, 5.41) is 8.58. The van der Waals surface area contributed by atoms with E-state index < -0.39 is 0 Å². The van der Waals surface area contributed by atoms with Gasteiger partial charge in [-0.15, -0.1) is 0 Å². The van der Waals surface area contributed by atoms with Crippen LogP contribution in [0.3, 0.4) is 0 Å². The first-order valence-corrected chi connectivity index (χ1v) is 6.85. The van der Waals surface area contributed by atoms with Crippen molar-refractivity contribution in [3.05, 3.63) is 52.7 Å². The average molecular weight is 271 g/mol. The molecule has 3 N–H and O–H groups in total. The van der Waals surface area contributed by atoms with Crippen LogP contribution in [0.15, 0.2) is 40.3 Å². The molecule has 1 aromatic heterocycles. The number of amidine groups is 1. The maximum Gasteiger partial charge on any atom is 0.123 e. The van der Waals surface area contributed by atoms with Gasteiger partial charge in [0.25, 0.3) is 0 Å². The lowest BCUT2D eigenvalue weighted by atomic mass is 10.1. The third kappa shape index (κ3) is 3.35. The Morgan fingerprint density at radius 2 is 1.84 bits per heavy atom. The lowest BCUT2D eigenvalue weighted by Gasteiger charge is -2.09. The summed E-state index contributed by atoms with van der Waals surface area (Å²) in [6.07, 6.45) is 0. The smallest absolute Gasteiger partial charge is 0.123 e.